The summed E-state index contributed by atoms with van der Waals surface area (Å²) in [4.78, 5) is 29.1. The monoisotopic (exact) mass is 393 g/mol. The summed E-state index contributed by atoms with van der Waals surface area (Å²) in [5, 5.41) is 13.3. The number of ether oxygens (including phenoxy) is 1. The van der Waals surface area contributed by atoms with E-state index in [1.165, 1.54) is 36.2 Å². The summed E-state index contributed by atoms with van der Waals surface area (Å²) in [6.07, 6.45) is 1.41. The summed E-state index contributed by atoms with van der Waals surface area (Å²) in [7, 11) is 1.28. The molecule has 29 heavy (non-hydrogen) atoms. The molecule has 0 aliphatic rings. The fourth-order valence-electron chi connectivity index (χ4n) is 2.91. The third kappa shape index (κ3) is 4.13. The van der Waals surface area contributed by atoms with Crippen LogP contribution < -0.4 is 5.56 Å². The van der Waals surface area contributed by atoms with Crippen molar-refractivity contribution in [1.29, 1.82) is 0 Å². The quantitative estimate of drug-likeness (QED) is 0.522. The van der Waals surface area contributed by atoms with Crippen molar-refractivity contribution in [3.8, 4) is 11.4 Å². The number of phenols is 1. The first-order valence-electron chi connectivity index (χ1n) is 9.08. The molecule has 0 saturated carbocycles. The van der Waals surface area contributed by atoms with Crippen LogP contribution in [0.15, 0.2) is 58.3 Å². The lowest BCUT2D eigenvalue weighted by Gasteiger charge is -2.17. The Labute approximate surface area is 168 Å². The van der Waals surface area contributed by atoms with Gasteiger partial charge in [-0.1, -0.05) is 39.0 Å². The molecule has 3 rings (SSSR count). The van der Waals surface area contributed by atoms with E-state index >= 15 is 0 Å². The average molecular weight is 393 g/mol. The molecule has 0 aliphatic heterocycles. The number of benzene rings is 2. The number of hydrogen-bond acceptors (Lipinski definition) is 5. The zero-order valence-corrected chi connectivity index (χ0v) is 16.8. The number of aromatic amines is 1. The van der Waals surface area contributed by atoms with Crippen LogP contribution in [0.25, 0.3) is 5.69 Å². The van der Waals surface area contributed by atoms with Crippen LogP contribution in [-0.4, -0.2) is 34.2 Å². The highest BCUT2D eigenvalue weighted by molar-refractivity contribution is 5.91. The van der Waals surface area contributed by atoms with Crippen molar-refractivity contribution in [2.24, 2.45) is 4.99 Å². The molecule has 0 bridgehead atoms. The van der Waals surface area contributed by atoms with Crippen molar-refractivity contribution in [2.45, 2.75) is 26.2 Å². The Morgan fingerprint density at radius 3 is 2.48 bits per heavy atom. The molecule has 150 valence electrons. The number of esters is 1. The standard InChI is InChI=1S/C22H23N3O4/c1-22(2,3)19-16(20(27)25(24-19)15-8-6-5-7-9-15)13-23-17-12-14(21(28)29-4)10-11-18(17)26/h5-13,24,26H,1-4H3. The Bertz CT molecular complexity index is 1120. The second-order valence-corrected chi connectivity index (χ2v) is 7.58. The Hall–Kier alpha value is -3.61. The maximum absolute atomic E-state index is 13.1. The molecule has 0 unspecified atom stereocenters. The van der Waals surface area contributed by atoms with Gasteiger partial charge in [0.05, 0.1) is 29.6 Å². The van der Waals surface area contributed by atoms with Gasteiger partial charge in [-0.3, -0.25) is 14.9 Å². The van der Waals surface area contributed by atoms with Crippen molar-refractivity contribution >= 4 is 17.9 Å². The maximum atomic E-state index is 13.1. The third-order valence-corrected chi connectivity index (χ3v) is 4.42. The Balaban J connectivity index is 2.11. The summed E-state index contributed by atoms with van der Waals surface area (Å²) in [5.41, 5.74) is 1.61. The highest BCUT2D eigenvalue weighted by Gasteiger charge is 2.24. The summed E-state index contributed by atoms with van der Waals surface area (Å²) < 4.78 is 6.16. The van der Waals surface area contributed by atoms with Crippen LogP contribution in [-0.2, 0) is 10.2 Å². The number of aromatic nitrogens is 2. The first-order chi connectivity index (χ1) is 13.7. The normalized spacial score (nSPS) is 11.7. The lowest BCUT2D eigenvalue weighted by atomic mass is 9.90. The van der Waals surface area contributed by atoms with Crippen LogP contribution in [0.5, 0.6) is 5.75 Å². The number of carbonyl (C=O) groups is 1. The SMILES string of the molecule is COC(=O)c1ccc(O)c(N=Cc2c(C(C)(C)C)[nH]n(-c3ccccc3)c2=O)c1. The van der Waals surface area contributed by atoms with E-state index in [9.17, 15) is 14.7 Å². The van der Waals surface area contributed by atoms with Crippen LogP contribution in [0, 0.1) is 0 Å². The predicted molar refractivity (Wildman–Crippen MR) is 112 cm³/mol. The van der Waals surface area contributed by atoms with E-state index < -0.39 is 5.97 Å². The predicted octanol–water partition coefficient (Wildman–Crippen LogP) is 3.71. The topological polar surface area (TPSA) is 96.7 Å². The fraction of sp³-hybridized carbons (Fsp3) is 0.227. The smallest absolute Gasteiger partial charge is 0.337 e. The summed E-state index contributed by atoms with van der Waals surface area (Å²) in [6, 6.07) is 13.5. The summed E-state index contributed by atoms with van der Waals surface area (Å²) >= 11 is 0. The van der Waals surface area contributed by atoms with Crippen LogP contribution in [0.4, 0.5) is 5.69 Å². The van der Waals surface area contributed by atoms with E-state index in [1.807, 2.05) is 51.1 Å². The maximum Gasteiger partial charge on any atom is 0.337 e. The first kappa shape index (κ1) is 20.1. The molecule has 1 aromatic heterocycles. The first-order valence-corrected chi connectivity index (χ1v) is 9.08. The molecule has 0 atom stereocenters. The Morgan fingerprint density at radius 1 is 1.17 bits per heavy atom. The fourth-order valence-corrected chi connectivity index (χ4v) is 2.91. The van der Waals surface area contributed by atoms with Gasteiger partial charge >= 0.3 is 5.97 Å². The van der Waals surface area contributed by atoms with Gasteiger partial charge in [0.2, 0.25) is 0 Å². The zero-order chi connectivity index (χ0) is 21.2. The highest BCUT2D eigenvalue weighted by atomic mass is 16.5. The number of para-hydroxylation sites is 1. The number of aromatic hydroxyl groups is 1. The van der Waals surface area contributed by atoms with Gasteiger partial charge in [-0.2, -0.15) is 0 Å². The van der Waals surface area contributed by atoms with Crippen LogP contribution in [0.1, 0.15) is 42.4 Å². The van der Waals surface area contributed by atoms with Gasteiger partial charge in [0, 0.05) is 11.6 Å². The van der Waals surface area contributed by atoms with Gasteiger partial charge in [-0.25, -0.2) is 9.48 Å². The van der Waals surface area contributed by atoms with E-state index in [-0.39, 0.29) is 28.0 Å². The minimum atomic E-state index is -0.537. The van der Waals surface area contributed by atoms with Crippen molar-refractivity contribution in [1.82, 2.24) is 9.78 Å². The minimum Gasteiger partial charge on any atom is -0.506 e. The second kappa shape index (κ2) is 7.79. The number of nitrogens with one attached hydrogen (secondary N) is 1. The van der Waals surface area contributed by atoms with Gasteiger partial charge in [-0.15, -0.1) is 0 Å². The number of methoxy groups -OCH3 is 1. The minimum absolute atomic E-state index is 0.106. The molecule has 1 heterocycles. The lowest BCUT2D eigenvalue weighted by Crippen LogP contribution is -2.18. The number of phenolic OH excluding ortho intramolecular Hbond substituents is 1. The van der Waals surface area contributed by atoms with Crippen molar-refractivity contribution in [3.05, 3.63) is 75.7 Å². The van der Waals surface area contributed by atoms with E-state index in [0.29, 0.717) is 16.9 Å². The lowest BCUT2D eigenvalue weighted by molar-refractivity contribution is 0.0601. The number of nitrogens with zero attached hydrogens (tertiary/aromatic N) is 2. The molecule has 7 nitrogen and oxygen atoms in total. The molecular formula is C22H23N3O4. The van der Waals surface area contributed by atoms with Gasteiger partial charge in [0.1, 0.15) is 11.4 Å². The van der Waals surface area contributed by atoms with E-state index in [0.717, 1.165) is 0 Å². The molecule has 2 N–H and O–H groups in total. The van der Waals surface area contributed by atoms with E-state index in [2.05, 4.69) is 10.1 Å². The molecule has 0 fully saturated rings. The zero-order valence-electron chi connectivity index (χ0n) is 16.8. The molecule has 0 radical (unpaired) electrons. The molecule has 0 amide bonds. The summed E-state index contributed by atoms with van der Waals surface area (Å²) in [6.45, 7) is 5.96. The molecule has 0 aliphatic carbocycles. The molecule has 0 saturated heterocycles. The Morgan fingerprint density at radius 2 is 1.86 bits per heavy atom. The molecule has 7 heteroatoms. The Kier molecular flexibility index (Phi) is 5.41. The van der Waals surface area contributed by atoms with Gasteiger partial charge in [0.25, 0.3) is 5.56 Å². The second-order valence-electron chi connectivity index (χ2n) is 7.58. The van der Waals surface area contributed by atoms with E-state index in [1.54, 1.807) is 0 Å². The molecule has 0 spiro atoms. The number of H-pyrrole nitrogens is 1. The molecular weight excluding hydrogens is 370 g/mol. The van der Waals surface area contributed by atoms with Crippen LogP contribution >= 0.6 is 0 Å². The number of hydrogen-bond donors (Lipinski definition) is 2. The third-order valence-electron chi connectivity index (χ3n) is 4.42. The van der Waals surface area contributed by atoms with Crippen molar-refractivity contribution < 1.29 is 14.6 Å². The number of rotatable bonds is 4. The summed E-state index contributed by atoms with van der Waals surface area (Å²) in [5.74, 6) is -0.643. The van der Waals surface area contributed by atoms with Crippen molar-refractivity contribution in [2.75, 3.05) is 7.11 Å². The number of carbonyl (C=O) groups excluding carboxylic acids is 1. The number of aliphatic imine (C=N–C) groups is 1. The van der Waals surface area contributed by atoms with Crippen LogP contribution in [0.3, 0.4) is 0 Å². The molecule has 2 aromatic carbocycles. The van der Waals surface area contributed by atoms with Gasteiger partial charge < -0.3 is 9.84 Å². The highest BCUT2D eigenvalue weighted by Crippen LogP contribution is 2.28. The van der Waals surface area contributed by atoms with Gasteiger partial charge in [-0.05, 0) is 30.3 Å². The van der Waals surface area contributed by atoms with Gasteiger partial charge in [0.15, 0.2) is 0 Å². The van der Waals surface area contributed by atoms with Crippen LogP contribution in [0.2, 0.25) is 0 Å². The molecule has 3 aromatic rings. The largest absolute Gasteiger partial charge is 0.506 e. The van der Waals surface area contributed by atoms with E-state index in [4.69, 9.17) is 4.74 Å². The average Bonchev–Trinajstić information content (AvgIpc) is 3.04. The van der Waals surface area contributed by atoms with Crippen molar-refractivity contribution in [3.63, 3.8) is 0 Å².